The number of urea groups is 1. The molecule has 2 aromatic rings. The maximum atomic E-state index is 12.0. The van der Waals surface area contributed by atoms with Gasteiger partial charge in [0.1, 0.15) is 0 Å². The molecule has 2 aromatic carbocycles. The van der Waals surface area contributed by atoms with Crippen molar-refractivity contribution in [1.29, 1.82) is 0 Å². The Balaban J connectivity index is 1.57. The number of hydrogen-bond donors (Lipinski definition) is 3. The molecule has 0 spiro atoms. The molecule has 0 radical (unpaired) electrons. The number of carbonyl (C=O) groups is 2. The van der Waals surface area contributed by atoms with Gasteiger partial charge in [0, 0.05) is 18.8 Å². The van der Waals surface area contributed by atoms with Crippen molar-refractivity contribution in [2.75, 3.05) is 5.32 Å². The molecule has 0 unspecified atom stereocenters. The lowest BCUT2D eigenvalue weighted by atomic mass is 9.85. The number of anilines is 1. The van der Waals surface area contributed by atoms with Gasteiger partial charge in [0.05, 0.1) is 5.41 Å². The van der Waals surface area contributed by atoms with Crippen molar-refractivity contribution >= 4 is 17.6 Å². The molecule has 24 heavy (non-hydrogen) atoms. The van der Waals surface area contributed by atoms with Gasteiger partial charge in [0.25, 0.3) is 0 Å². The van der Waals surface area contributed by atoms with E-state index < -0.39 is 5.41 Å². The van der Waals surface area contributed by atoms with Crippen molar-refractivity contribution in [2.24, 2.45) is 0 Å². The molecule has 5 heteroatoms. The second-order valence-electron chi connectivity index (χ2n) is 6.48. The number of benzene rings is 2. The van der Waals surface area contributed by atoms with E-state index in [4.69, 9.17) is 0 Å². The Labute approximate surface area is 141 Å². The SMILES string of the molecule is CC1(C)C(=O)Nc2ccc(CNC(=O)NCc3ccccc3)cc21. The first-order valence-electron chi connectivity index (χ1n) is 7.97. The van der Waals surface area contributed by atoms with Gasteiger partial charge in [-0.1, -0.05) is 42.5 Å². The van der Waals surface area contributed by atoms with Gasteiger partial charge in [-0.3, -0.25) is 4.79 Å². The van der Waals surface area contributed by atoms with Gasteiger partial charge in [0.15, 0.2) is 0 Å². The first-order valence-corrected chi connectivity index (χ1v) is 7.97. The molecule has 3 N–H and O–H groups in total. The normalized spacial score (nSPS) is 14.7. The van der Waals surface area contributed by atoms with Gasteiger partial charge in [-0.05, 0) is 36.6 Å². The van der Waals surface area contributed by atoms with Gasteiger partial charge >= 0.3 is 6.03 Å². The minimum atomic E-state index is -0.541. The van der Waals surface area contributed by atoms with Crippen molar-refractivity contribution in [2.45, 2.75) is 32.4 Å². The lowest BCUT2D eigenvalue weighted by molar-refractivity contribution is -0.119. The highest BCUT2D eigenvalue weighted by atomic mass is 16.2. The summed E-state index contributed by atoms with van der Waals surface area (Å²) >= 11 is 0. The Kier molecular flexibility index (Phi) is 4.25. The van der Waals surface area contributed by atoms with E-state index in [0.29, 0.717) is 13.1 Å². The molecule has 0 atom stereocenters. The Morgan fingerprint density at radius 3 is 2.38 bits per heavy atom. The molecule has 0 aromatic heterocycles. The van der Waals surface area contributed by atoms with Crippen molar-refractivity contribution < 1.29 is 9.59 Å². The third kappa shape index (κ3) is 3.25. The lowest BCUT2D eigenvalue weighted by Gasteiger charge is -2.16. The van der Waals surface area contributed by atoms with Crippen LogP contribution in [0.4, 0.5) is 10.5 Å². The zero-order valence-corrected chi connectivity index (χ0v) is 13.8. The summed E-state index contributed by atoms with van der Waals surface area (Å²) in [7, 11) is 0. The summed E-state index contributed by atoms with van der Waals surface area (Å²) in [5.41, 5.74) is 3.30. The van der Waals surface area contributed by atoms with Crippen LogP contribution < -0.4 is 16.0 Å². The Hall–Kier alpha value is -2.82. The molecule has 1 aliphatic rings. The number of amides is 3. The van der Waals surface area contributed by atoms with Crippen LogP contribution in [0.3, 0.4) is 0 Å². The van der Waals surface area contributed by atoms with E-state index in [0.717, 1.165) is 22.4 Å². The van der Waals surface area contributed by atoms with E-state index >= 15 is 0 Å². The van der Waals surface area contributed by atoms with Crippen molar-refractivity contribution in [3.8, 4) is 0 Å². The smallest absolute Gasteiger partial charge is 0.315 e. The predicted molar refractivity (Wildman–Crippen MR) is 93.6 cm³/mol. The van der Waals surface area contributed by atoms with Crippen LogP contribution in [-0.4, -0.2) is 11.9 Å². The summed E-state index contributed by atoms with van der Waals surface area (Å²) in [4.78, 5) is 23.9. The molecular formula is C19H21N3O2. The topological polar surface area (TPSA) is 70.2 Å². The van der Waals surface area contributed by atoms with Crippen LogP contribution in [0.25, 0.3) is 0 Å². The molecule has 3 amide bonds. The summed E-state index contributed by atoms with van der Waals surface area (Å²) in [6.07, 6.45) is 0. The fourth-order valence-electron chi connectivity index (χ4n) is 2.75. The lowest BCUT2D eigenvalue weighted by Crippen LogP contribution is -2.34. The minimum Gasteiger partial charge on any atom is -0.334 e. The van der Waals surface area contributed by atoms with Gasteiger partial charge < -0.3 is 16.0 Å². The average molecular weight is 323 g/mol. The van der Waals surface area contributed by atoms with E-state index in [9.17, 15) is 9.59 Å². The second-order valence-corrected chi connectivity index (χ2v) is 6.48. The largest absolute Gasteiger partial charge is 0.334 e. The van der Waals surface area contributed by atoms with Gasteiger partial charge in [-0.15, -0.1) is 0 Å². The van der Waals surface area contributed by atoms with Crippen LogP contribution in [0, 0.1) is 0 Å². The molecule has 5 nitrogen and oxygen atoms in total. The summed E-state index contributed by atoms with van der Waals surface area (Å²) in [6.45, 7) is 4.70. The third-order valence-corrected chi connectivity index (χ3v) is 4.32. The van der Waals surface area contributed by atoms with Crippen molar-refractivity contribution in [3.63, 3.8) is 0 Å². The molecule has 0 saturated carbocycles. The van der Waals surface area contributed by atoms with E-state index in [2.05, 4.69) is 16.0 Å². The fourth-order valence-corrected chi connectivity index (χ4v) is 2.75. The Morgan fingerprint density at radius 2 is 1.67 bits per heavy atom. The van der Waals surface area contributed by atoms with Gasteiger partial charge in [0.2, 0.25) is 5.91 Å². The monoisotopic (exact) mass is 323 g/mol. The number of carbonyl (C=O) groups excluding carboxylic acids is 2. The van der Waals surface area contributed by atoms with Gasteiger partial charge in [-0.25, -0.2) is 4.79 Å². The fraction of sp³-hybridized carbons (Fsp3) is 0.263. The Bertz CT molecular complexity index is 769. The third-order valence-electron chi connectivity index (χ3n) is 4.32. The van der Waals surface area contributed by atoms with Crippen molar-refractivity contribution in [3.05, 3.63) is 65.2 Å². The van der Waals surface area contributed by atoms with Crippen LogP contribution in [0.1, 0.15) is 30.5 Å². The number of hydrogen-bond acceptors (Lipinski definition) is 2. The van der Waals surface area contributed by atoms with Crippen molar-refractivity contribution in [1.82, 2.24) is 10.6 Å². The molecule has 124 valence electrons. The summed E-state index contributed by atoms with van der Waals surface area (Å²) in [5.74, 6) is 0.00298. The van der Waals surface area contributed by atoms with Crippen LogP contribution in [0.2, 0.25) is 0 Å². The number of nitrogens with one attached hydrogen (secondary N) is 3. The van der Waals surface area contributed by atoms with E-state index in [-0.39, 0.29) is 11.9 Å². The summed E-state index contributed by atoms with van der Waals surface area (Å²) in [5, 5.41) is 8.55. The minimum absolute atomic E-state index is 0.00298. The first-order chi connectivity index (χ1) is 11.5. The van der Waals surface area contributed by atoms with Gasteiger partial charge in [-0.2, -0.15) is 0 Å². The van der Waals surface area contributed by atoms with Crippen LogP contribution >= 0.6 is 0 Å². The maximum absolute atomic E-state index is 12.0. The molecule has 0 saturated heterocycles. The molecule has 0 aliphatic carbocycles. The standard InChI is InChI=1S/C19H21N3O2/c1-19(2)15-10-14(8-9-16(15)22-17(19)23)12-21-18(24)20-11-13-6-4-3-5-7-13/h3-10H,11-12H2,1-2H3,(H,22,23)(H2,20,21,24). The van der Waals surface area contributed by atoms with Crippen LogP contribution in [-0.2, 0) is 23.3 Å². The molecule has 0 fully saturated rings. The highest BCUT2D eigenvalue weighted by molar-refractivity contribution is 6.05. The summed E-state index contributed by atoms with van der Waals surface area (Å²) < 4.78 is 0. The van der Waals surface area contributed by atoms with Crippen LogP contribution in [0.5, 0.6) is 0 Å². The highest BCUT2D eigenvalue weighted by Gasteiger charge is 2.38. The quantitative estimate of drug-likeness (QED) is 0.809. The van der Waals surface area contributed by atoms with Crippen LogP contribution in [0.15, 0.2) is 48.5 Å². The zero-order chi connectivity index (χ0) is 17.2. The molecular weight excluding hydrogens is 302 g/mol. The van der Waals surface area contributed by atoms with E-state index in [1.165, 1.54) is 0 Å². The average Bonchev–Trinajstić information content (AvgIpc) is 2.81. The zero-order valence-electron chi connectivity index (χ0n) is 13.8. The highest BCUT2D eigenvalue weighted by Crippen LogP contribution is 2.37. The number of rotatable bonds is 4. The Morgan fingerprint density at radius 1 is 1.00 bits per heavy atom. The molecule has 1 heterocycles. The first kappa shape index (κ1) is 16.1. The summed E-state index contributed by atoms with van der Waals surface area (Å²) in [6, 6.07) is 15.3. The predicted octanol–water partition coefficient (Wildman–Crippen LogP) is 2.92. The molecule has 0 bridgehead atoms. The molecule has 3 rings (SSSR count). The van der Waals surface area contributed by atoms with E-state index in [1.807, 2.05) is 62.4 Å². The van der Waals surface area contributed by atoms with E-state index in [1.54, 1.807) is 0 Å². The maximum Gasteiger partial charge on any atom is 0.315 e. The number of fused-ring (bicyclic) bond motifs is 1. The molecule has 1 aliphatic heterocycles. The second kappa shape index (κ2) is 6.35.